The molecule has 19 heavy (non-hydrogen) atoms. The minimum absolute atomic E-state index is 0.137. The van der Waals surface area contributed by atoms with E-state index in [1.54, 1.807) is 12.1 Å². The SMILES string of the molecule is CCCCCNC(=O)CC(=O)Nc1ccc(Br)cc1. The quantitative estimate of drug-likeness (QED) is 0.597. The maximum Gasteiger partial charge on any atom is 0.233 e. The normalized spacial score (nSPS) is 10.0. The Balaban J connectivity index is 2.26. The molecule has 0 atom stereocenters. The van der Waals surface area contributed by atoms with Crippen molar-refractivity contribution in [3.8, 4) is 0 Å². The number of halogens is 1. The number of carbonyl (C=O) groups excluding carboxylic acids is 2. The van der Waals surface area contributed by atoms with Crippen LogP contribution in [0.1, 0.15) is 32.6 Å². The number of unbranched alkanes of at least 4 members (excludes halogenated alkanes) is 2. The molecule has 0 aliphatic carbocycles. The third kappa shape index (κ3) is 6.96. The first-order chi connectivity index (χ1) is 9.11. The maximum absolute atomic E-state index is 11.6. The highest BCUT2D eigenvalue weighted by atomic mass is 79.9. The zero-order valence-corrected chi connectivity index (χ0v) is 12.6. The predicted octanol–water partition coefficient (Wildman–Crippen LogP) is 3.08. The zero-order chi connectivity index (χ0) is 14.1. The number of hydrogen-bond donors (Lipinski definition) is 2. The summed E-state index contributed by atoms with van der Waals surface area (Å²) in [6.45, 7) is 2.74. The second-order valence-corrected chi connectivity index (χ2v) is 5.20. The molecule has 0 fully saturated rings. The van der Waals surface area contributed by atoms with Crippen molar-refractivity contribution >= 4 is 33.4 Å². The van der Waals surface area contributed by atoms with Crippen LogP contribution in [-0.4, -0.2) is 18.4 Å². The molecule has 4 nitrogen and oxygen atoms in total. The third-order valence-corrected chi connectivity index (χ3v) is 3.08. The van der Waals surface area contributed by atoms with E-state index in [2.05, 4.69) is 33.5 Å². The van der Waals surface area contributed by atoms with Crippen LogP contribution >= 0.6 is 15.9 Å². The Kier molecular flexibility index (Phi) is 7.18. The lowest BCUT2D eigenvalue weighted by atomic mass is 10.2. The van der Waals surface area contributed by atoms with E-state index in [1.165, 1.54) is 0 Å². The molecule has 0 aliphatic rings. The largest absolute Gasteiger partial charge is 0.356 e. The van der Waals surface area contributed by atoms with Crippen molar-refractivity contribution in [2.24, 2.45) is 0 Å². The smallest absolute Gasteiger partial charge is 0.233 e. The van der Waals surface area contributed by atoms with Crippen molar-refractivity contribution in [2.45, 2.75) is 32.6 Å². The monoisotopic (exact) mass is 326 g/mol. The number of benzene rings is 1. The Hall–Kier alpha value is -1.36. The van der Waals surface area contributed by atoms with E-state index in [0.717, 1.165) is 23.7 Å². The van der Waals surface area contributed by atoms with E-state index in [1.807, 2.05) is 12.1 Å². The first kappa shape index (κ1) is 15.7. The molecule has 2 N–H and O–H groups in total. The van der Waals surface area contributed by atoms with E-state index < -0.39 is 0 Å². The van der Waals surface area contributed by atoms with E-state index >= 15 is 0 Å². The van der Waals surface area contributed by atoms with Crippen LogP contribution in [0, 0.1) is 0 Å². The van der Waals surface area contributed by atoms with Crippen LogP contribution in [0.4, 0.5) is 5.69 Å². The average molecular weight is 327 g/mol. The lowest BCUT2D eigenvalue weighted by Gasteiger charge is -2.06. The molecular weight excluding hydrogens is 308 g/mol. The molecule has 0 unspecified atom stereocenters. The molecule has 1 aromatic carbocycles. The van der Waals surface area contributed by atoms with E-state index in [-0.39, 0.29) is 18.2 Å². The van der Waals surface area contributed by atoms with Crippen LogP contribution in [0.5, 0.6) is 0 Å². The van der Waals surface area contributed by atoms with Crippen molar-refractivity contribution < 1.29 is 9.59 Å². The highest BCUT2D eigenvalue weighted by Crippen LogP contribution is 2.14. The Morgan fingerprint density at radius 1 is 1.11 bits per heavy atom. The number of hydrogen-bond acceptors (Lipinski definition) is 2. The van der Waals surface area contributed by atoms with Gasteiger partial charge < -0.3 is 10.6 Å². The lowest BCUT2D eigenvalue weighted by molar-refractivity contribution is -0.126. The summed E-state index contributed by atoms with van der Waals surface area (Å²) >= 11 is 3.32. The van der Waals surface area contributed by atoms with Gasteiger partial charge in [0.2, 0.25) is 11.8 Å². The summed E-state index contributed by atoms with van der Waals surface area (Å²) in [5.74, 6) is -0.527. The van der Waals surface area contributed by atoms with Gasteiger partial charge in [0.05, 0.1) is 0 Å². The van der Waals surface area contributed by atoms with E-state index in [9.17, 15) is 9.59 Å². The summed E-state index contributed by atoms with van der Waals surface area (Å²) in [6.07, 6.45) is 3.02. The van der Waals surface area contributed by atoms with Crippen molar-refractivity contribution in [1.29, 1.82) is 0 Å². The fourth-order valence-electron chi connectivity index (χ4n) is 1.55. The van der Waals surface area contributed by atoms with Gasteiger partial charge in [0.15, 0.2) is 0 Å². The molecule has 1 aromatic rings. The molecule has 1 rings (SSSR count). The number of anilines is 1. The number of carbonyl (C=O) groups is 2. The van der Waals surface area contributed by atoms with Gasteiger partial charge in [0.25, 0.3) is 0 Å². The summed E-state index contributed by atoms with van der Waals surface area (Å²) < 4.78 is 0.944. The molecule has 0 radical (unpaired) electrons. The van der Waals surface area contributed by atoms with Gasteiger partial charge in [0, 0.05) is 16.7 Å². The van der Waals surface area contributed by atoms with Gasteiger partial charge in [-0.05, 0) is 30.7 Å². The van der Waals surface area contributed by atoms with Gasteiger partial charge in [-0.15, -0.1) is 0 Å². The van der Waals surface area contributed by atoms with Gasteiger partial charge >= 0.3 is 0 Å². The maximum atomic E-state index is 11.6. The van der Waals surface area contributed by atoms with Crippen molar-refractivity contribution in [1.82, 2.24) is 5.32 Å². The minimum Gasteiger partial charge on any atom is -0.356 e. The Bertz CT molecular complexity index is 418. The molecule has 0 aliphatic heterocycles. The summed E-state index contributed by atoms with van der Waals surface area (Å²) in [5.41, 5.74) is 0.687. The third-order valence-electron chi connectivity index (χ3n) is 2.55. The highest BCUT2D eigenvalue weighted by molar-refractivity contribution is 9.10. The standard InChI is InChI=1S/C14H19BrN2O2/c1-2-3-4-9-16-13(18)10-14(19)17-12-7-5-11(15)6-8-12/h5-8H,2-4,9-10H2,1H3,(H,16,18)(H,17,19). The van der Waals surface area contributed by atoms with Crippen LogP contribution < -0.4 is 10.6 Å². The van der Waals surface area contributed by atoms with Crippen LogP contribution in [-0.2, 0) is 9.59 Å². The van der Waals surface area contributed by atoms with Crippen molar-refractivity contribution in [2.75, 3.05) is 11.9 Å². The summed E-state index contributed by atoms with van der Waals surface area (Å²) in [7, 11) is 0. The fourth-order valence-corrected chi connectivity index (χ4v) is 1.81. The van der Waals surface area contributed by atoms with E-state index in [0.29, 0.717) is 12.2 Å². The Morgan fingerprint density at radius 2 is 1.79 bits per heavy atom. The molecule has 0 saturated heterocycles. The molecule has 0 saturated carbocycles. The first-order valence-corrected chi connectivity index (χ1v) is 7.23. The second kappa shape index (κ2) is 8.69. The van der Waals surface area contributed by atoms with Crippen molar-refractivity contribution in [3.63, 3.8) is 0 Å². The Morgan fingerprint density at radius 3 is 2.42 bits per heavy atom. The predicted molar refractivity (Wildman–Crippen MR) is 79.9 cm³/mol. The first-order valence-electron chi connectivity index (χ1n) is 6.44. The molecule has 104 valence electrons. The number of nitrogens with one attached hydrogen (secondary N) is 2. The van der Waals surface area contributed by atoms with Gasteiger partial charge in [0.1, 0.15) is 6.42 Å². The summed E-state index contributed by atoms with van der Waals surface area (Å²) in [6, 6.07) is 7.23. The molecule has 5 heteroatoms. The second-order valence-electron chi connectivity index (χ2n) is 4.29. The number of amides is 2. The van der Waals surface area contributed by atoms with Gasteiger partial charge in [-0.2, -0.15) is 0 Å². The van der Waals surface area contributed by atoms with Gasteiger partial charge in [-0.3, -0.25) is 9.59 Å². The number of rotatable bonds is 7. The van der Waals surface area contributed by atoms with Crippen LogP contribution in [0.15, 0.2) is 28.7 Å². The molecule has 0 spiro atoms. The molecular formula is C14H19BrN2O2. The van der Waals surface area contributed by atoms with Crippen molar-refractivity contribution in [3.05, 3.63) is 28.7 Å². The molecule has 2 amide bonds. The summed E-state index contributed by atoms with van der Waals surface area (Å²) in [5, 5.41) is 5.42. The molecule has 0 bridgehead atoms. The summed E-state index contributed by atoms with van der Waals surface area (Å²) in [4.78, 5) is 23.1. The van der Waals surface area contributed by atoms with Crippen LogP contribution in [0.2, 0.25) is 0 Å². The van der Waals surface area contributed by atoms with Gasteiger partial charge in [-0.1, -0.05) is 35.7 Å². The zero-order valence-electron chi connectivity index (χ0n) is 11.0. The topological polar surface area (TPSA) is 58.2 Å². The molecule has 0 heterocycles. The van der Waals surface area contributed by atoms with E-state index in [4.69, 9.17) is 0 Å². The van der Waals surface area contributed by atoms with Gasteiger partial charge in [-0.25, -0.2) is 0 Å². The Labute approximate surface area is 122 Å². The minimum atomic E-state index is -0.296. The van der Waals surface area contributed by atoms with Crippen LogP contribution in [0.3, 0.4) is 0 Å². The lowest BCUT2D eigenvalue weighted by Crippen LogP contribution is -2.28. The average Bonchev–Trinajstić information content (AvgIpc) is 2.37. The van der Waals surface area contributed by atoms with Crippen LogP contribution in [0.25, 0.3) is 0 Å². The fraction of sp³-hybridized carbons (Fsp3) is 0.429. The molecule has 0 aromatic heterocycles. The highest BCUT2D eigenvalue weighted by Gasteiger charge is 2.08.